The Morgan fingerprint density at radius 3 is 1.96 bits per heavy atom. The van der Waals surface area contributed by atoms with Gasteiger partial charge in [0.1, 0.15) is 0 Å². The first-order valence-electron chi connectivity index (χ1n) is 9.02. The van der Waals surface area contributed by atoms with Crippen molar-refractivity contribution in [3.05, 3.63) is 57.6 Å². The van der Waals surface area contributed by atoms with Gasteiger partial charge >= 0.3 is 0 Å². The topological polar surface area (TPSA) is 14.1 Å². The Balaban J connectivity index is 0. The molecule has 1 aromatic carbocycles. The van der Waals surface area contributed by atoms with E-state index in [1.807, 2.05) is 0 Å². The van der Waals surface area contributed by atoms with Crippen molar-refractivity contribution < 1.29 is 26.2 Å². The summed E-state index contributed by atoms with van der Waals surface area (Å²) in [6.45, 7) is 16.4. The summed E-state index contributed by atoms with van der Waals surface area (Å²) < 4.78 is 0. The van der Waals surface area contributed by atoms with Crippen LogP contribution in [0.25, 0.3) is 5.32 Å². The molecule has 1 aliphatic rings. The second-order valence-corrected chi connectivity index (χ2v) is 10.9. The summed E-state index contributed by atoms with van der Waals surface area (Å²) in [5.41, 5.74) is 8.22. The third-order valence-electron chi connectivity index (χ3n) is 5.90. The minimum Gasteiger partial charge on any atom is -0.661 e. The van der Waals surface area contributed by atoms with E-state index in [2.05, 4.69) is 72.0 Å². The van der Waals surface area contributed by atoms with Crippen LogP contribution in [0.4, 0.5) is 5.69 Å². The molecule has 26 heavy (non-hydrogen) atoms. The molecule has 0 amide bonds. The number of benzene rings is 1. The van der Waals surface area contributed by atoms with Crippen LogP contribution in [0.3, 0.4) is 0 Å². The number of aryl methyl sites for hydroxylation is 1. The largest absolute Gasteiger partial charge is 0.661 e. The van der Waals surface area contributed by atoms with Crippen LogP contribution in [0.1, 0.15) is 53.0 Å². The van der Waals surface area contributed by atoms with Crippen LogP contribution >= 0.6 is 24.8 Å². The number of hydrogen-bond acceptors (Lipinski definition) is 0. The molecule has 0 fully saturated rings. The summed E-state index contributed by atoms with van der Waals surface area (Å²) in [5, 5.41) is 5.30. The average molecular weight is 491 g/mol. The third kappa shape index (κ3) is 5.60. The molecule has 0 saturated carbocycles. The molecule has 0 N–H and O–H groups in total. The zero-order chi connectivity index (χ0) is 17.2. The molecule has 0 bridgehead atoms. The molecule has 0 heterocycles. The second kappa shape index (κ2) is 11.9. The average Bonchev–Trinajstić information content (AvgIpc) is 2.70. The fourth-order valence-electron chi connectivity index (χ4n) is 3.57. The van der Waals surface area contributed by atoms with E-state index in [-0.39, 0.29) is 56.1 Å². The zero-order valence-electron chi connectivity index (χ0n) is 17.3. The Hall–Kier alpha value is 0.180. The molecule has 0 radical (unpaired) electrons. The smallest absolute Gasteiger partial charge is 0.0451 e. The van der Waals surface area contributed by atoms with Gasteiger partial charge in [0.15, 0.2) is 0 Å². The molecule has 0 spiro atoms. The first-order valence-corrected chi connectivity index (χ1v) is 11.9. The molecule has 2 rings (SSSR count). The summed E-state index contributed by atoms with van der Waals surface area (Å²) in [7, 11) is -0.907. The van der Waals surface area contributed by atoms with Crippen LogP contribution in [-0.2, 0) is 32.6 Å². The van der Waals surface area contributed by atoms with E-state index < -0.39 is 8.80 Å². The van der Waals surface area contributed by atoms with Gasteiger partial charge < -0.3 is 5.32 Å². The Bertz CT molecular complexity index is 638. The van der Waals surface area contributed by atoms with E-state index in [0.29, 0.717) is 0 Å². The van der Waals surface area contributed by atoms with Crippen molar-refractivity contribution in [1.82, 2.24) is 0 Å². The standard InChI is InChI=1S/C21H32NSi.2ClH.Zr/c1-8-9-10-18-11-13-19(14-12-18)22-20-16(3)15(2)17(4)21(20,5)23(6)7;;;/h11-14,23H,8-10H2,1-7H3;2*1H;/q-1;;;. The summed E-state index contributed by atoms with van der Waals surface area (Å²) in [6.07, 6.45) is 3.69. The number of halogens is 2. The van der Waals surface area contributed by atoms with Crippen molar-refractivity contribution in [2.75, 3.05) is 0 Å². The Kier molecular flexibility index (Phi) is 13.0. The van der Waals surface area contributed by atoms with Crippen LogP contribution < -0.4 is 0 Å². The molecule has 1 aromatic rings. The van der Waals surface area contributed by atoms with Gasteiger partial charge in [-0.1, -0.05) is 74.3 Å². The molecule has 1 aliphatic carbocycles. The van der Waals surface area contributed by atoms with E-state index in [0.717, 1.165) is 5.69 Å². The van der Waals surface area contributed by atoms with Gasteiger partial charge in [0.05, 0.1) is 0 Å². The summed E-state index contributed by atoms with van der Waals surface area (Å²) in [5.74, 6) is 0. The molecule has 1 atom stereocenters. The maximum atomic E-state index is 5.11. The maximum Gasteiger partial charge on any atom is 0.0451 e. The number of unbranched alkanes of at least 4 members (excludes halogenated alkanes) is 1. The van der Waals surface area contributed by atoms with Crippen molar-refractivity contribution in [3.63, 3.8) is 0 Å². The SMILES string of the molecule is CCCCc1ccc([N-]C2=C(C)C(C)=C(C)C2(C)[SiH](C)C)cc1.Cl.Cl.[Zr]. The predicted octanol–water partition coefficient (Wildman–Crippen LogP) is 7.75. The maximum absolute atomic E-state index is 5.11. The number of rotatable bonds is 6. The first-order chi connectivity index (χ1) is 10.8. The van der Waals surface area contributed by atoms with E-state index in [9.17, 15) is 0 Å². The summed E-state index contributed by atoms with van der Waals surface area (Å²) >= 11 is 0. The molecule has 1 unspecified atom stereocenters. The van der Waals surface area contributed by atoms with Crippen molar-refractivity contribution in [2.45, 2.75) is 72.0 Å². The second-order valence-electron chi connectivity index (χ2n) is 7.46. The molecule has 0 saturated heterocycles. The Labute approximate surface area is 194 Å². The van der Waals surface area contributed by atoms with Gasteiger partial charge in [-0.3, -0.25) is 0 Å². The number of nitrogens with zero attached hydrogens (tertiary/aromatic N) is 1. The Morgan fingerprint density at radius 2 is 1.50 bits per heavy atom. The monoisotopic (exact) mass is 488 g/mol. The Morgan fingerprint density at radius 1 is 0.962 bits per heavy atom. The molecular weight excluding hydrogens is 456 g/mol. The van der Waals surface area contributed by atoms with Gasteiger partial charge in [-0.2, -0.15) is 0 Å². The van der Waals surface area contributed by atoms with Gasteiger partial charge in [0.25, 0.3) is 0 Å². The van der Waals surface area contributed by atoms with Crippen molar-refractivity contribution in [2.24, 2.45) is 0 Å². The van der Waals surface area contributed by atoms with Crippen LogP contribution in [0, 0.1) is 0 Å². The number of hydrogen-bond donors (Lipinski definition) is 0. The van der Waals surface area contributed by atoms with E-state index in [1.54, 1.807) is 0 Å². The minimum atomic E-state index is -0.907. The molecule has 146 valence electrons. The fraction of sp³-hybridized carbons (Fsp3) is 0.524. The third-order valence-corrected chi connectivity index (χ3v) is 8.92. The molecule has 0 aromatic heterocycles. The van der Waals surface area contributed by atoms with E-state index >= 15 is 0 Å². The zero-order valence-corrected chi connectivity index (χ0v) is 22.5. The fourth-order valence-corrected chi connectivity index (χ4v) is 5.48. The minimum absolute atomic E-state index is 0. The van der Waals surface area contributed by atoms with E-state index in [4.69, 9.17) is 5.32 Å². The molecule has 1 nitrogen and oxygen atoms in total. The van der Waals surface area contributed by atoms with Gasteiger partial charge in [-0.15, -0.1) is 36.2 Å². The van der Waals surface area contributed by atoms with Crippen LogP contribution in [0.2, 0.25) is 18.1 Å². The first kappa shape index (κ1) is 28.4. The van der Waals surface area contributed by atoms with Gasteiger partial charge in [-0.25, -0.2) is 0 Å². The normalized spacial score (nSPS) is 19.1. The summed E-state index contributed by atoms with van der Waals surface area (Å²) in [4.78, 5) is 0. The molecule has 5 heteroatoms. The van der Waals surface area contributed by atoms with Crippen molar-refractivity contribution in [3.8, 4) is 0 Å². The van der Waals surface area contributed by atoms with Crippen LogP contribution in [-0.4, -0.2) is 8.80 Å². The molecule has 0 aliphatic heterocycles. The van der Waals surface area contributed by atoms with Crippen LogP contribution in [0.5, 0.6) is 0 Å². The summed E-state index contributed by atoms with van der Waals surface area (Å²) in [6, 6.07) is 8.88. The molecular formula is C21H34Cl2NSiZr-. The quantitative estimate of drug-likeness (QED) is 0.362. The van der Waals surface area contributed by atoms with Gasteiger partial charge in [0.2, 0.25) is 0 Å². The number of allylic oxidation sites excluding steroid dienone is 3. The van der Waals surface area contributed by atoms with Crippen LogP contribution in [0.15, 0.2) is 46.7 Å². The van der Waals surface area contributed by atoms with E-state index in [1.165, 1.54) is 47.2 Å². The van der Waals surface area contributed by atoms with Gasteiger partial charge in [0, 0.05) is 35.0 Å². The van der Waals surface area contributed by atoms with Gasteiger partial charge in [-0.05, 0) is 44.2 Å². The predicted molar refractivity (Wildman–Crippen MR) is 121 cm³/mol. The van der Waals surface area contributed by atoms with Crippen molar-refractivity contribution in [1.29, 1.82) is 0 Å². The van der Waals surface area contributed by atoms with Crippen molar-refractivity contribution >= 4 is 39.3 Å².